The van der Waals surface area contributed by atoms with Gasteiger partial charge < -0.3 is 9.84 Å². The van der Waals surface area contributed by atoms with Gasteiger partial charge >= 0.3 is 11.9 Å². The van der Waals surface area contributed by atoms with Gasteiger partial charge in [0.2, 0.25) is 0 Å². The molecule has 0 atom stereocenters. The SMILES string of the molecule is COC(=O)c1cc(C(=O)O)nc2ccccc12. The van der Waals surface area contributed by atoms with Crippen molar-refractivity contribution >= 4 is 22.8 Å². The Hall–Kier alpha value is -2.43. The number of pyridine rings is 1. The molecule has 86 valence electrons. The molecule has 2 aromatic rings. The number of rotatable bonds is 2. The highest BCUT2D eigenvalue weighted by Crippen LogP contribution is 2.19. The number of esters is 1. The predicted molar refractivity (Wildman–Crippen MR) is 60.0 cm³/mol. The molecule has 0 aliphatic rings. The number of carboxylic acids is 1. The number of benzene rings is 1. The Bertz CT molecular complexity index is 606. The quantitative estimate of drug-likeness (QED) is 0.796. The maximum absolute atomic E-state index is 11.6. The number of nitrogens with zero attached hydrogens (tertiary/aromatic N) is 1. The Morgan fingerprint density at radius 1 is 1.29 bits per heavy atom. The van der Waals surface area contributed by atoms with Crippen molar-refractivity contribution in [2.24, 2.45) is 0 Å². The van der Waals surface area contributed by atoms with Gasteiger partial charge in [0.15, 0.2) is 0 Å². The number of carboxylic acid groups (broad SMARTS) is 1. The maximum Gasteiger partial charge on any atom is 0.354 e. The van der Waals surface area contributed by atoms with Crippen molar-refractivity contribution in [3.05, 3.63) is 41.6 Å². The summed E-state index contributed by atoms with van der Waals surface area (Å²) in [7, 11) is 1.25. The molecule has 0 aliphatic carbocycles. The van der Waals surface area contributed by atoms with E-state index in [9.17, 15) is 9.59 Å². The molecular formula is C12H9NO4. The van der Waals surface area contributed by atoms with Crippen molar-refractivity contribution in [1.82, 2.24) is 4.98 Å². The molecule has 5 heteroatoms. The van der Waals surface area contributed by atoms with E-state index >= 15 is 0 Å². The second-order valence-electron chi connectivity index (χ2n) is 3.37. The summed E-state index contributed by atoms with van der Waals surface area (Å²) in [5, 5.41) is 9.48. The van der Waals surface area contributed by atoms with E-state index in [-0.39, 0.29) is 11.3 Å². The highest BCUT2D eigenvalue weighted by Gasteiger charge is 2.15. The van der Waals surface area contributed by atoms with E-state index in [0.29, 0.717) is 10.9 Å². The van der Waals surface area contributed by atoms with Gasteiger partial charge in [-0.3, -0.25) is 0 Å². The minimum Gasteiger partial charge on any atom is -0.477 e. The number of carbonyl (C=O) groups excluding carboxylic acids is 1. The first kappa shape index (κ1) is 11.1. The first-order chi connectivity index (χ1) is 8.13. The molecule has 0 aliphatic heterocycles. The fourth-order valence-corrected chi connectivity index (χ4v) is 1.56. The number of fused-ring (bicyclic) bond motifs is 1. The normalized spacial score (nSPS) is 10.2. The molecule has 1 N–H and O–H groups in total. The van der Waals surface area contributed by atoms with E-state index in [2.05, 4.69) is 9.72 Å². The lowest BCUT2D eigenvalue weighted by molar-refractivity contribution is 0.0603. The van der Waals surface area contributed by atoms with E-state index in [4.69, 9.17) is 5.11 Å². The maximum atomic E-state index is 11.6. The first-order valence-corrected chi connectivity index (χ1v) is 4.85. The molecule has 5 nitrogen and oxygen atoms in total. The zero-order chi connectivity index (χ0) is 12.4. The van der Waals surface area contributed by atoms with Crippen LogP contribution < -0.4 is 0 Å². The smallest absolute Gasteiger partial charge is 0.354 e. The van der Waals surface area contributed by atoms with Crippen LogP contribution in [0.1, 0.15) is 20.8 Å². The van der Waals surface area contributed by atoms with Gasteiger partial charge in [0, 0.05) is 5.39 Å². The minimum absolute atomic E-state index is 0.177. The van der Waals surface area contributed by atoms with Gasteiger partial charge in [0.1, 0.15) is 5.69 Å². The van der Waals surface area contributed by atoms with Crippen molar-refractivity contribution in [3.63, 3.8) is 0 Å². The van der Waals surface area contributed by atoms with Crippen LogP contribution in [0.2, 0.25) is 0 Å². The monoisotopic (exact) mass is 231 g/mol. The van der Waals surface area contributed by atoms with Gasteiger partial charge in [-0.05, 0) is 12.1 Å². The van der Waals surface area contributed by atoms with Crippen molar-refractivity contribution in [2.45, 2.75) is 0 Å². The highest BCUT2D eigenvalue weighted by molar-refractivity contribution is 6.05. The van der Waals surface area contributed by atoms with Crippen LogP contribution in [0.4, 0.5) is 0 Å². The molecule has 0 amide bonds. The third-order valence-electron chi connectivity index (χ3n) is 2.34. The molecule has 2 rings (SSSR count). The van der Waals surface area contributed by atoms with E-state index in [1.165, 1.54) is 13.2 Å². The average Bonchev–Trinajstić information content (AvgIpc) is 2.36. The first-order valence-electron chi connectivity index (χ1n) is 4.85. The minimum atomic E-state index is -1.18. The summed E-state index contributed by atoms with van der Waals surface area (Å²) in [5.74, 6) is -1.76. The van der Waals surface area contributed by atoms with Crippen LogP contribution >= 0.6 is 0 Å². The number of para-hydroxylation sites is 1. The second kappa shape index (κ2) is 4.21. The number of hydrogen-bond donors (Lipinski definition) is 1. The van der Waals surface area contributed by atoms with Crippen molar-refractivity contribution in [3.8, 4) is 0 Å². The van der Waals surface area contributed by atoms with Crippen LogP contribution in [0, 0.1) is 0 Å². The van der Waals surface area contributed by atoms with Crippen molar-refractivity contribution in [1.29, 1.82) is 0 Å². The van der Waals surface area contributed by atoms with Crippen LogP contribution in [-0.4, -0.2) is 29.1 Å². The fraction of sp³-hybridized carbons (Fsp3) is 0.0833. The summed E-state index contributed by atoms with van der Waals surface area (Å²) in [5.41, 5.74) is 0.479. The highest BCUT2D eigenvalue weighted by atomic mass is 16.5. The van der Waals surface area contributed by atoms with Crippen LogP contribution in [-0.2, 0) is 4.74 Å². The van der Waals surface area contributed by atoms with Gasteiger partial charge in [-0.2, -0.15) is 0 Å². The van der Waals surface area contributed by atoms with Crippen molar-refractivity contribution in [2.75, 3.05) is 7.11 Å². The van der Waals surface area contributed by atoms with Gasteiger partial charge in [0.25, 0.3) is 0 Å². The molecule has 0 saturated heterocycles. The topological polar surface area (TPSA) is 76.5 Å². The standard InChI is InChI=1S/C12H9NO4/c1-17-12(16)8-6-10(11(14)15)13-9-5-3-2-4-7(8)9/h2-6H,1H3,(H,14,15). The molecule has 0 unspecified atom stereocenters. The van der Waals surface area contributed by atoms with E-state index in [1.54, 1.807) is 24.3 Å². The average molecular weight is 231 g/mol. The Kier molecular flexibility index (Phi) is 2.74. The zero-order valence-corrected chi connectivity index (χ0v) is 9.01. The lowest BCUT2D eigenvalue weighted by atomic mass is 10.1. The molecule has 0 radical (unpaired) electrons. The molecule has 0 bridgehead atoms. The Morgan fingerprint density at radius 2 is 2.00 bits per heavy atom. The third kappa shape index (κ3) is 1.94. The summed E-state index contributed by atoms with van der Waals surface area (Å²) in [6, 6.07) is 8.03. The Morgan fingerprint density at radius 3 is 2.65 bits per heavy atom. The molecule has 0 saturated carbocycles. The number of ether oxygens (including phenoxy) is 1. The summed E-state index contributed by atoms with van der Waals surface area (Å²) < 4.78 is 4.62. The summed E-state index contributed by atoms with van der Waals surface area (Å²) in [6.07, 6.45) is 0. The molecule has 1 heterocycles. The lowest BCUT2D eigenvalue weighted by Crippen LogP contribution is -2.07. The number of aromatic carboxylic acids is 1. The van der Waals surface area contributed by atoms with E-state index in [0.717, 1.165) is 0 Å². The van der Waals surface area contributed by atoms with Crippen molar-refractivity contribution < 1.29 is 19.4 Å². The molecule has 0 spiro atoms. The van der Waals surface area contributed by atoms with E-state index < -0.39 is 11.9 Å². The molecule has 17 heavy (non-hydrogen) atoms. The molecule has 0 fully saturated rings. The Balaban J connectivity index is 2.78. The van der Waals surface area contributed by atoms with Crippen LogP contribution in [0.15, 0.2) is 30.3 Å². The fourth-order valence-electron chi connectivity index (χ4n) is 1.56. The predicted octanol–water partition coefficient (Wildman–Crippen LogP) is 1.72. The third-order valence-corrected chi connectivity index (χ3v) is 2.34. The molecular weight excluding hydrogens is 222 g/mol. The van der Waals surface area contributed by atoms with Gasteiger partial charge in [-0.15, -0.1) is 0 Å². The van der Waals surface area contributed by atoms with Gasteiger partial charge in [-0.1, -0.05) is 18.2 Å². The Labute approximate surface area is 96.7 Å². The number of aromatic nitrogens is 1. The second-order valence-corrected chi connectivity index (χ2v) is 3.37. The summed E-state index contributed by atoms with van der Waals surface area (Å²) in [6.45, 7) is 0. The molecule has 1 aromatic heterocycles. The lowest BCUT2D eigenvalue weighted by Gasteiger charge is -2.05. The van der Waals surface area contributed by atoms with Crippen LogP contribution in [0.3, 0.4) is 0 Å². The largest absolute Gasteiger partial charge is 0.477 e. The molecule has 1 aromatic carbocycles. The summed E-state index contributed by atoms with van der Waals surface area (Å²) >= 11 is 0. The summed E-state index contributed by atoms with van der Waals surface area (Å²) in [4.78, 5) is 26.4. The van der Waals surface area contributed by atoms with Crippen LogP contribution in [0.5, 0.6) is 0 Å². The van der Waals surface area contributed by atoms with Gasteiger partial charge in [0.05, 0.1) is 18.2 Å². The number of methoxy groups -OCH3 is 1. The van der Waals surface area contributed by atoms with Gasteiger partial charge in [-0.25, -0.2) is 14.6 Å². The number of hydrogen-bond acceptors (Lipinski definition) is 4. The van der Waals surface area contributed by atoms with E-state index in [1.807, 2.05) is 0 Å². The number of carbonyl (C=O) groups is 2. The zero-order valence-electron chi connectivity index (χ0n) is 9.01. The van der Waals surface area contributed by atoms with Crippen LogP contribution in [0.25, 0.3) is 10.9 Å².